The van der Waals surface area contributed by atoms with E-state index in [9.17, 15) is 14.7 Å². The van der Waals surface area contributed by atoms with Gasteiger partial charge in [0.25, 0.3) is 0 Å². The van der Waals surface area contributed by atoms with Crippen LogP contribution in [0.1, 0.15) is 24.0 Å². The maximum absolute atomic E-state index is 12.2. The molecule has 6 heteroatoms. The standard InChI is InChI=1S/C16H21NO4S/c1-21-11-13-4-2-3-12(9-13)10-14(18)17-16(15(19)20)5-7-22-8-6-16/h2-4,9H,5-8,10-11H2,1H3,(H,17,18)(H,19,20). The number of hydrogen-bond donors (Lipinski definition) is 2. The first-order chi connectivity index (χ1) is 10.6. The Balaban J connectivity index is 2.02. The van der Waals surface area contributed by atoms with Crippen molar-refractivity contribution >= 4 is 23.6 Å². The van der Waals surface area contributed by atoms with Gasteiger partial charge in [0.15, 0.2) is 0 Å². The van der Waals surface area contributed by atoms with Crippen LogP contribution in [0.15, 0.2) is 24.3 Å². The summed E-state index contributed by atoms with van der Waals surface area (Å²) in [7, 11) is 1.62. The monoisotopic (exact) mass is 323 g/mol. The van der Waals surface area contributed by atoms with Crippen LogP contribution >= 0.6 is 11.8 Å². The van der Waals surface area contributed by atoms with Gasteiger partial charge in [-0.15, -0.1) is 0 Å². The van der Waals surface area contributed by atoms with Crippen molar-refractivity contribution in [1.82, 2.24) is 5.32 Å². The molecule has 1 saturated heterocycles. The Hall–Kier alpha value is -1.53. The summed E-state index contributed by atoms with van der Waals surface area (Å²) in [4.78, 5) is 23.8. The molecule has 1 aromatic carbocycles. The maximum Gasteiger partial charge on any atom is 0.329 e. The van der Waals surface area contributed by atoms with Crippen molar-refractivity contribution in [3.63, 3.8) is 0 Å². The van der Waals surface area contributed by atoms with Crippen LogP contribution in [0.2, 0.25) is 0 Å². The second-order valence-corrected chi connectivity index (χ2v) is 6.70. The summed E-state index contributed by atoms with van der Waals surface area (Å²) in [6.07, 6.45) is 1.13. The molecule has 1 aliphatic heterocycles. The number of benzene rings is 1. The Bertz CT molecular complexity index is 541. The number of rotatable bonds is 6. The molecule has 5 nitrogen and oxygen atoms in total. The van der Waals surface area contributed by atoms with Gasteiger partial charge in [0, 0.05) is 7.11 Å². The van der Waals surface area contributed by atoms with Gasteiger partial charge in [-0.1, -0.05) is 24.3 Å². The summed E-state index contributed by atoms with van der Waals surface area (Å²) in [5, 5.41) is 12.2. The third-order valence-corrected chi connectivity index (χ3v) is 4.79. The largest absolute Gasteiger partial charge is 0.480 e. The molecular formula is C16H21NO4S. The Morgan fingerprint density at radius 2 is 2.00 bits per heavy atom. The predicted molar refractivity (Wildman–Crippen MR) is 85.9 cm³/mol. The summed E-state index contributed by atoms with van der Waals surface area (Å²) in [6.45, 7) is 0.492. The molecule has 1 fully saturated rings. The predicted octanol–water partition coefficient (Wildman–Crippen LogP) is 1.84. The smallest absolute Gasteiger partial charge is 0.329 e. The number of carbonyl (C=O) groups is 2. The highest BCUT2D eigenvalue weighted by Crippen LogP contribution is 2.27. The normalized spacial score (nSPS) is 17.0. The van der Waals surface area contributed by atoms with E-state index in [2.05, 4.69) is 5.32 Å². The van der Waals surface area contributed by atoms with E-state index in [0.717, 1.165) is 22.6 Å². The van der Waals surface area contributed by atoms with Gasteiger partial charge >= 0.3 is 5.97 Å². The minimum Gasteiger partial charge on any atom is -0.480 e. The van der Waals surface area contributed by atoms with Crippen molar-refractivity contribution in [2.75, 3.05) is 18.6 Å². The molecule has 0 spiro atoms. The van der Waals surface area contributed by atoms with Crippen LogP contribution in [0, 0.1) is 0 Å². The van der Waals surface area contributed by atoms with Crippen LogP contribution in [0.3, 0.4) is 0 Å². The minimum absolute atomic E-state index is 0.180. The Morgan fingerprint density at radius 3 is 2.64 bits per heavy atom. The van der Waals surface area contributed by atoms with Gasteiger partial charge in [-0.2, -0.15) is 11.8 Å². The number of methoxy groups -OCH3 is 1. The minimum atomic E-state index is -1.10. The first kappa shape index (κ1) is 16.8. The quantitative estimate of drug-likeness (QED) is 0.835. The Labute approximate surface area is 134 Å². The van der Waals surface area contributed by atoms with Crippen LogP contribution in [0.5, 0.6) is 0 Å². The van der Waals surface area contributed by atoms with Crippen LogP contribution in [0.4, 0.5) is 0 Å². The number of amides is 1. The average Bonchev–Trinajstić information content (AvgIpc) is 2.48. The van der Waals surface area contributed by atoms with Crippen molar-refractivity contribution in [1.29, 1.82) is 0 Å². The van der Waals surface area contributed by atoms with Crippen molar-refractivity contribution < 1.29 is 19.4 Å². The highest BCUT2D eigenvalue weighted by Gasteiger charge is 2.41. The first-order valence-corrected chi connectivity index (χ1v) is 8.40. The van der Waals surface area contributed by atoms with Gasteiger partial charge in [-0.25, -0.2) is 4.79 Å². The summed E-state index contributed by atoms with van der Waals surface area (Å²) >= 11 is 1.72. The van der Waals surface area contributed by atoms with Crippen LogP contribution in [-0.2, 0) is 27.4 Å². The molecule has 0 aromatic heterocycles. The number of carboxylic acid groups (broad SMARTS) is 1. The van der Waals surface area contributed by atoms with Crippen molar-refractivity contribution in [2.24, 2.45) is 0 Å². The molecule has 1 amide bonds. The molecule has 2 rings (SSSR count). The SMILES string of the molecule is COCc1cccc(CC(=O)NC2(C(=O)O)CCSCC2)c1. The fourth-order valence-corrected chi connectivity index (χ4v) is 3.79. The van der Waals surface area contributed by atoms with E-state index < -0.39 is 11.5 Å². The molecule has 1 aromatic rings. The second kappa shape index (κ2) is 7.65. The van der Waals surface area contributed by atoms with Gasteiger partial charge in [0.05, 0.1) is 13.0 Å². The van der Waals surface area contributed by atoms with Crippen LogP contribution in [-0.4, -0.2) is 41.1 Å². The molecule has 0 unspecified atom stereocenters. The fourth-order valence-electron chi connectivity index (χ4n) is 2.60. The third-order valence-electron chi connectivity index (χ3n) is 3.80. The molecule has 1 aliphatic rings. The summed E-state index contributed by atoms with van der Waals surface area (Å²) in [5.41, 5.74) is 0.750. The average molecular weight is 323 g/mol. The molecule has 0 atom stereocenters. The molecule has 22 heavy (non-hydrogen) atoms. The maximum atomic E-state index is 12.2. The van der Waals surface area contributed by atoms with Gasteiger partial charge in [0.2, 0.25) is 5.91 Å². The molecule has 1 heterocycles. The molecule has 0 radical (unpaired) electrons. The number of thioether (sulfide) groups is 1. The Morgan fingerprint density at radius 1 is 1.32 bits per heavy atom. The van der Waals surface area contributed by atoms with Gasteiger partial charge in [0.1, 0.15) is 5.54 Å². The van der Waals surface area contributed by atoms with E-state index in [1.807, 2.05) is 24.3 Å². The number of carbonyl (C=O) groups excluding carboxylic acids is 1. The molecule has 0 saturated carbocycles. The van der Waals surface area contributed by atoms with Crippen LogP contribution < -0.4 is 5.32 Å². The second-order valence-electron chi connectivity index (χ2n) is 5.48. The van der Waals surface area contributed by atoms with Crippen molar-refractivity contribution in [3.8, 4) is 0 Å². The lowest BCUT2D eigenvalue weighted by Crippen LogP contribution is -2.56. The number of hydrogen-bond acceptors (Lipinski definition) is 4. The molecule has 0 bridgehead atoms. The zero-order chi connectivity index (χ0) is 16.0. The zero-order valence-electron chi connectivity index (χ0n) is 12.6. The van der Waals surface area contributed by atoms with E-state index in [1.54, 1.807) is 18.9 Å². The zero-order valence-corrected chi connectivity index (χ0v) is 13.4. The lowest BCUT2D eigenvalue weighted by atomic mass is 9.92. The lowest BCUT2D eigenvalue weighted by molar-refractivity contribution is -0.148. The van der Waals surface area contributed by atoms with Gasteiger partial charge in [-0.05, 0) is 35.5 Å². The van der Waals surface area contributed by atoms with Gasteiger partial charge in [-0.3, -0.25) is 4.79 Å². The number of aliphatic carboxylic acids is 1. The van der Waals surface area contributed by atoms with Gasteiger partial charge < -0.3 is 15.2 Å². The summed E-state index contributed by atoms with van der Waals surface area (Å²) in [5.74, 6) is 0.337. The Kier molecular flexibility index (Phi) is 5.85. The summed E-state index contributed by atoms with van der Waals surface area (Å²) < 4.78 is 5.08. The lowest BCUT2D eigenvalue weighted by Gasteiger charge is -2.33. The van der Waals surface area contributed by atoms with Crippen LogP contribution in [0.25, 0.3) is 0 Å². The van der Waals surface area contributed by atoms with Crippen molar-refractivity contribution in [2.45, 2.75) is 31.4 Å². The number of carboxylic acids is 1. The fraction of sp³-hybridized carbons (Fsp3) is 0.500. The first-order valence-electron chi connectivity index (χ1n) is 7.25. The van der Waals surface area contributed by atoms with E-state index >= 15 is 0 Å². The summed E-state index contributed by atoms with van der Waals surface area (Å²) in [6, 6.07) is 7.58. The van der Waals surface area contributed by atoms with E-state index in [1.165, 1.54) is 0 Å². The van der Waals surface area contributed by atoms with E-state index in [4.69, 9.17) is 4.74 Å². The highest BCUT2D eigenvalue weighted by molar-refractivity contribution is 7.99. The highest BCUT2D eigenvalue weighted by atomic mass is 32.2. The van der Waals surface area contributed by atoms with Crippen molar-refractivity contribution in [3.05, 3.63) is 35.4 Å². The molecule has 120 valence electrons. The molecule has 2 N–H and O–H groups in total. The van der Waals surface area contributed by atoms with E-state index in [-0.39, 0.29) is 12.3 Å². The third kappa shape index (κ3) is 4.24. The number of nitrogens with one attached hydrogen (secondary N) is 1. The molecular weight excluding hydrogens is 302 g/mol. The topological polar surface area (TPSA) is 75.6 Å². The molecule has 0 aliphatic carbocycles. The number of ether oxygens (including phenoxy) is 1. The van der Waals surface area contributed by atoms with E-state index in [0.29, 0.717) is 19.4 Å².